The molecule has 0 aromatic heterocycles. The first-order valence-corrected chi connectivity index (χ1v) is 6.90. The molecule has 0 aliphatic carbocycles. The van der Waals surface area contributed by atoms with Gasteiger partial charge in [-0.05, 0) is 17.5 Å². The summed E-state index contributed by atoms with van der Waals surface area (Å²) in [5, 5.41) is 3.57. The molecule has 19 heavy (non-hydrogen) atoms. The molecule has 3 N–H and O–H groups in total. The van der Waals surface area contributed by atoms with E-state index in [0.717, 1.165) is 13.0 Å². The van der Waals surface area contributed by atoms with E-state index in [4.69, 9.17) is 5.73 Å². The van der Waals surface area contributed by atoms with Gasteiger partial charge in [0.2, 0.25) is 0 Å². The molecule has 1 saturated heterocycles. The highest BCUT2D eigenvalue weighted by Gasteiger charge is 2.41. The predicted octanol–water partition coefficient (Wildman–Crippen LogP) is 2.29. The van der Waals surface area contributed by atoms with Crippen LogP contribution >= 0.6 is 0 Å². The molecule has 3 rings (SSSR count). The summed E-state index contributed by atoms with van der Waals surface area (Å²) in [7, 11) is 0. The Morgan fingerprint density at radius 2 is 1.47 bits per heavy atom. The zero-order valence-electron chi connectivity index (χ0n) is 11.0. The topological polar surface area (TPSA) is 38.0 Å². The standard InChI is InChI=1S/C17H20N2/c18-12-16-11-17(13-19-16,14-7-3-1-4-8-14)15-9-5-2-6-10-15/h1-10,16,19H,11-13,18H2. The van der Waals surface area contributed by atoms with E-state index in [1.807, 2.05) is 0 Å². The fourth-order valence-corrected chi connectivity index (χ4v) is 3.17. The summed E-state index contributed by atoms with van der Waals surface area (Å²) in [4.78, 5) is 0. The van der Waals surface area contributed by atoms with Crippen LogP contribution in [0.5, 0.6) is 0 Å². The van der Waals surface area contributed by atoms with Crippen molar-refractivity contribution in [2.24, 2.45) is 5.73 Å². The number of rotatable bonds is 3. The van der Waals surface area contributed by atoms with E-state index in [9.17, 15) is 0 Å². The van der Waals surface area contributed by atoms with Crippen LogP contribution in [0.2, 0.25) is 0 Å². The van der Waals surface area contributed by atoms with Gasteiger partial charge in [-0.25, -0.2) is 0 Å². The van der Waals surface area contributed by atoms with Crippen molar-refractivity contribution in [2.75, 3.05) is 13.1 Å². The van der Waals surface area contributed by atoms with Crippen molar-refractivity contribution in [1.29, 1.82) is 0 Å². The summed E-state index contributed by atoms with van der Waals surface area (Å²) in [6, 6.07) is 22.0. The van der Waals surface area contributed by atoms with Gasteiger partial charge < -0.3 is 11.1 Å². The first-order valence-electron chi connectivity index (χ1n) is 6.90. The molecule has 1 unspecified atom stereocenters. The monoisotopic (exact) mass is 252 g/mol. The zero-order valence-corrected chi connectivity index (χ0v) is 11.0. The summed E-state index contributed by atoms with van der Waals surface area (Å²) in [5.41, 5.74) is 8.67. The number of hydrogen-bond acceptors (Lipinski definition) is 2. The third-order valence-corrected chi connectivity index (χ3v) is 4.22. The molecule has 0 saturated carbocycles. The number of nitrogens with one attached hydrogen (secondary N) is 1. The average Bonchev–Trinajstić information content (AvgIpc) is 2.95. The summed E-state index contributed by atoms with van der Waals surface area (Å²) in [6.07, 6.45) is 1.07. The van der Waals surface area contributed by atoms with E-state index in [2.05, 4.69) is 66.0 Å². The molecule has 0 radical (unpaired) electrons. The minimum Gasteiger partial charge on any atom is -0.329 e. The Kier molecular flexibility index (Phi) is 3.36. The maximum atomic E-state index is 5.85. The van der Waals surface area contributed by atoms with Crippen molar-refractivity contribution in [1.82, 2.24) is 5.32 Å². The van der Waals surface area contributed by atoms with Crippen LogP contribution in [0.25, 0.3) is 0 Å². The maximum Gasteiger partial charge on any atom is 0.0342 e. The quantitative estimate of drug-likeness (QED) is 0.879. The van der Waals surface area contributed by atoms with Gasteiger partial charge in [-0.3, -0.25) is 0 Å². The van der Waals surface area contributed by atoms with Gasteiger partial charge in [0.05, 0.1) is 0 Å². The largest absolute Gasteiger partial charge is 0.329 e. The highest BCUT2D eigenvalue weighted by atomic mass is 15.0. The molecule has 2 heteroatoms. The third kappa shape index (κ3) is 2.18. The maximum absolute atomic E-state index is 5.85. The first-order chi connectivity index (χ1) is 9.35. The Morgan fingerprint density at radius 1 is 0.947 bits per heavy atom. The minimum absolute atomic E-state index is 0.0621. The molecule has 0 bridgehead atoms. The zero-order chi connectivity index (χ0) is 13.1. The molecular weight excluding hydrogens is 232 g/mol. The molecule has 0 spiro atoms. The van der Waals surface area contributed by atoms with Crippen molar-refractivity contribution in [3.63, 3.8) is 0 Å². The summed E-state index contributed by atoms with van der Waals surface area (Å²) < 4.78 is 0. The second-order valence-corrected chi connectivity index (χ2v) is 5.33. The van der Waals surface area contributed by atoms with Crippen LogP contribution in [0.15, 0.2) is 60.7 Å². The van der Waals surface area contributed by atoms with Gasteiger partial charge in [-0.15, -0.1) is 0 Å². The van der Waals surface area contributed by atoms with E-state index in [0.29, 0.717) is 12.6 Å². The number of hydrogen-bond donors (Lipinski definition) is 2. The molecule has 2 aromatic carbocycles. The molecule has 1 fully saturated rings. The van der Waals surface area contributed by atoms with Crippen LogP contribution in [0.1, 0.15) is 17.5 Å². The van der Waals surface area contributed by atoms with Crippen LogP contribution in [0.3, 0.4) is 0 Å². The van der Waals surface area contributed by atoms with Crippen molar-refractivity contribution in [2.45, 2.75) is 17.9 Å². The first kappa shape index (κ1) is 12.4. The molecule has 0 amide bonds. The van der Waals surface area contributed by atoms with Crippen molar-refractivity contribution in [3.05, 3.63) is 71.8 Å². The van der Waals surface area contributed by atoms with E-state index in [-0.39, 0.29) is 5.41 Å². The third-order valence-electron chi connectivity index (χ3n) is 4.22. The second kappa shape index (κ2) is 5.16. The minimum atomic E-state index is 0.0621. The predicted molar refractivity (Wildman–Crippen MR) is 79.1 cm³/mol. The Labute approximate surface area is 114 Å². The normalized spacial score (nSPS) is 21.4. The molecule has 1 aliphatic heterocycles. The summed E-state index contributed by atoms with van der Waals surface area (Å²) in [5.74, 6) is 0. The lowest BCUT2D eigenvalue weighted by Gasteiger charge is -2.30. The molecule has 1 aliphatic rings. The Balaban J connectivity index is 2.07. The molecule has 2 aromatic rings. The number of benzene rings is 2. The van der Waals surface area contributed by atoms with E-state index in [1.54, 1.807) is 0 Å². The van der Waals surface area contributed by atoms with E-state index >= 15 is 0 Å². The molecule has 1 atom stereocenters. The number of nitrogens with two attached hydrogens (primary N) is 1. The van der Waals surface area contributed by atoms with Gasteiger partial charge >= 0.3 is 0 Å². The van der Waals surface area contributed by atoms with E-state index < -0.39 is 0 Å². The lowest BCUT2D eigenvalue weighted by Crippen LogP contribution is -2.30. The SMILES string of the molecule is NCC1CC(c2ccccc2)(c2ccccc2)CN1. The van der Waals surface area contributed by atoms with Crippen molar-refractivity contribution in [3.8, 4) is 0 Å². The van der Waals surface area contributed by atoms with Crippen LogP contribution < -0.4 is 11.1 Å². The Morgan fingerprint density at radius 3 is 1.89 bits per heavy atom. The lowest BCUT2D eigenvalue weighted by molar-refractivity contribution is 0.545. The van der Waals surface area contributed by atoms with Crippen molar-refractivity contribution < 1.29 is 0 Å². The van der Waals surface area contributed by atoms with E-state index in [1.165, 1.54) is 11.1 Å². The van der Waals surface area contributed by atoms with Crippen molar-refractivity contribution >= 4 is 0 Å². The van der Waals surface area contributed by atoms with Gasteiger partial charge in [0.25, 0.3) is 0 Å². The summed E-state index contributed by atoms with van der Waals surface area (Å²) in [6.45, 7) is 1.66. The van der Waals surface area contributed by atoms with Gasteiger partial charge in [0.15, 0.2) is 0 Å². The highest BCUT2D eigenvalue weighted by Crippen LogP contribution is 2.39. The van der Waals surface area contributed by atoms with Crippen LogP contribution in [0.4, 0.5) is 0 Å². The Hall–Kier alpha value is -1.64. The lowest BCUT2D eigenvalue weighted by atomic mass is 9.73. The van der Waals surface area contributed by atoms with Crippen LogP contribution in [-0.4, -0.2) is 19.1 Å². The van der Waals surface area contributed by atoms with Gasteiger partial charge in [-0.1, -0.05) is 60.7 Å². The van der Waals surface area contributed by atoms with Crippen LogP contribution in [0, 0.1) is 0 Å². The van der Waals surface area contributed by atoms with Gasteiger partial charge in [0, 0.05) is 24.5 Å². The van der Waals surface area contributed by atoms with Crippen LogP contribution in [-0.2, 0) is 5.41 Å². The summed E-state index contributed by atoms with van der Waals surface area (Å²) >= 11 is 0. The highest BCUT2D eigenvalue weighted by molar-refractivity contribution is 5.41. The fourth-order valence-electron chi connectivity index (χ4n) is 3.17. The van der Waals surface area contributed by atoms with Gasteiger partial charge in [-0.2, -0.15) is 0 Å². The smallest absolute Gasteiger partial charge is 0.0342 e. The fraction of sp³-hybridized carbons (Fsp3) is 0.294. The molecular formula is C17H20N2. The molecule has 2 nitrogen and oxygen atoms in total. The van der Waals surface area contributed by atoms with Gasteiger partial charge in [0.1, 0.15) is 0 Å². The second-order valence-electron chi connectivity index (χ2n) is 5.33. The molecule has 98 valence electrons. The Bertz CT molecular complexity index is 482. The molecule has 1 heterocycles. The average molecular weight is 252 g/mol.